The summed E-state index contributed by atoms with van der Waals surface area (Å²) in [6, 6.07) is 7.46. The fourth-order valence-corrected chi connectivity index (χ4v) is 4.75. The van der Waals surface area contributed by atoms with E-state index in [0.717, 1.165) is 0 Å². The number of carbonyl (C=O) groups excluding carboxylic acids is 1. The van der Waals surface area contributed by atoms with E-state index in [1.54, 1.807) is 6.07 Å². The summed E-state index contributed by atoms with van der Waals surface area (Å²) >= 11 is 0. The average molecular weight is 417 g/mol. The summed E-state index contributed by atoms with van der Waals surface area (Å²) in [5.41, 5.74) is 1.01. The number of benzene rings is 1. The van der Waals surface area contributed by atoms with Gasteiger partial charge in [-0.3, -0.25) is 0 Å². The molecule has 0 aliphatic carbocycles. The van der Waals surface area contributed by atoms with Crippen molar-refractivity contribution in [3.8, 4) is 11.5 Å². The first-order valence-electron chi connectivity index (χ1n) is 9.03. The SMILES string of the molecule is COC(=O)c1ccc(S(=O)(=O)N2CCC(c3nnc(-c4ccoc4)o3)CC2)cc1. The topological polar surface area (TPSA) is 116 Å². The van der Waals surface area contributed by atoms with Crippen LogP contribution in [0.4, 0.5) is 0 Å². The van der Waals surface area contributed by atoms with E-state index in [1.165, 1.54) is 48.2 Å². The fraction of sp³-hybridized carbons (Fsp3) is 0.316. The van der Waals surface area contributed by atoms with Crippen molar-refractivity contribution < 1.29 is 26.8 Å². The van der Waals surface area contributed by atoms with E-state index >= 15 is 0 Å². The first-order chi connectivity index (χ1) is 14.0. The van der Waals surface area contributed by atoms with Crippen LogP contribution in [0.3, 0.4) is 0 Å². The van der Waals surface area contributed by atoms with E-state index in [4.69, 9.17) is 8.83 Å². The fourth-order valence-electron chi connectivity index (χ4n) is 3.28. The van der Waals surface area contributed by atoms with Crippen LogP contribution in [-0.2, 0) is 14.8 Å². The van der Waals surface area contributed by atoms with E-state index in [2.05, 4.69) is 14.9 Å². The number of ether oxygens (including phenoxy) is 1. The van der Waals surface area contributed by atoms with Crippen LogP contribution in [0, 0.1) is 0 Å². The van der Waals surface area contributed by atoms with Crippen LogP contribution in [0.25, 0.3) is 11.5 Å². The Kier molecular flexibility index (Phi) is 5.20. The van der Waals surface area contributed by atoms with Gasteiger partial charge in [0.2, 0.25) is 15.9 Å². The Hall–Kier alpha value is -2.98. The molecular weight excluding hydrogens is 398 g/mol. The number of esters is 1. The zero-order valence-electron chi connectivity index (χ0n) is 15.6. The molecule has 29 heavy (non-hydrogen) atoms. The Bertz CT molecular complexity index is 1080. The van der Waals surface area contributed by atoms with Crippen molar-refractivity contribution in [3.63, 3.8) is 0 Å². The number of furan rings is 1. The molecule has 0 amide bonds. The van der Waals surface area contributed by atoms with Gasteiger partial charge in [-0.25, -0.2) is 13.2 Å². The highest BCUT2D eigenvalue weighted by atomic mass is 32.2. The third-order valence-electron chi connectivity index (χ3n) is 4.93. The average Bonchev–Trinajstić information content (AvgIpc) is 3.45. The number of nitrogens with zero attached hydrogens (tertiary/aromatic N) is 3. The molecule has 0 saturated carbocycles. The third-order valence-corrected chi connectivity index (χ3v) is 6.84. The molecule has 1 aliphatic heterocycles. The van der Waals surface area contributed by atoms with Crippen LogP contribution in [-0.4, -0.2) is 49.1 Å². The molecule has 3 aromatic rings. The van der Waals surface area contributed by atoms with Crippen LogP contribution >= 0.6 is 0 Å². The molecule has 0 spiro atoms. The number of aromatic nitrogens is 2. The zero-order valence-corrected chi connectivity index (χ0v) is 16.5. The van der Waals surface area contributed by atoms with Crippen LogP contribution in [0.15, 0.2) is 56.6 Å². The molecule has 1 aliphatic rings. The Morgan fingerprint density at radius 3 is 2.48 bits per heavy atom. The summed E-state index contributed by atoms with van der Waals surface area (Å²) in [5.74, 6) is 0.371. The van der Waals surface area contributed by atoms with Crippen molar-refractivity contribution in [1.82, 2.24) is 14.5 Å². The van der Waals surface area contributed by atoms with Gasteiger partial charge in [-0.1, -0.05) is 0 Å². The van der Waals surface area contributed by atoms with E-state index in [0.29, 0.717) is 48.8 Å². The summed E-state index contributed by atoms with van der Waals surface area (Å²) in [5, 5.41) is 8.14. The van der Waals surface area contributed by atoms with Crippen molar-refractivity contribution >= 4 is 16.0 Å². The summed E-state index contributed by atoms with van der Waals surface area (Å²) in [6.07, 6.45) is 4.21. The maximum Gasteiger partial charge on any atom is 0.337 e. The summed E-state index contributed by atoms with van der Waals surface area (Å²) < 4.78 is 42.6. The Morgan fingerprint density at radius 1 is 1.14 bits per heavy atom. The summed E-state index contributed by atoms with van der Waals surface area (Å²) in [6.45, 7) is 0.685. The van der Waals surface area contributed by atoms with E-state index in [-0.39, 0.29) is 10.8 Å². The van der Waals surface area contributed by atoms with Gasteiger partial charge in [0.15, 0.2) is 0 Å². The maximum absolute atomic E-state index is 12.9. The highest BCUT2D eigenvalue weighted by Crippen LogP contribution is 2.31. The Labute approximate surface area is 167 Å². The van der Waals surface area contributed by atoms with Crippen molar-refractivity contribution in [2.45, 2.75) is 23.7 Å². The largest absolute Gasteiger partial charge is 0.472 e. The van der Waals surface area contributed by atoms with Crippen molar-refractivity contribution in [2.24, 2.45) is 0 Å². The summed E-state index contributed by atoms with van der Waals surface area (Å²) in [4.78, 5) is 11.7. The predicted molar refractivity (Wildman–Crippen MR) is 101 cm³/mol. The molecule has 3 heterocycles. The maximum atomic E-state index is 12.9. The molecule has 0 N–H and O–H groups in total. The zero-order chi connectivity index (χ0) is 20.4. The molecule has 152 valence electrons. The smallest absolute Gasteiger partial charge is 0.337 e. The molecule has 10 heteroatoms. The molecule has 9 nitrogen and oxygen atoms in total. The molecule has 2 aromatic heterocycles. The van der Waals surface area contributed by atoms with Gasteiger partial charge < -0.3 is 13.6 Å². The van der Waals surface area contributed by atoms with E-state index < -0.39 is 16.0 Å². The van der Waals surface area contributed by atoms with Crippen LogP contribution in [0.2, 0.25) is 0 Å². The quantitative estimate of drug-likeness (QED) is 0.582. The third kappa shape index (κ3) is 3.81. The lowest BCUT2D eigenvalue weighted by Crippen LogP contribution is -2.38. The second-order valence-electron chi connectivity index (χ2n) is 6.65. The van der Waals surface area contributed by atoms with Gasteiger partial charge >= 0.3 is 5.97 Å². The Morgan fingerprint density at radius 2 is 1.86 bits per heavy atom. The van der Waals surface area contributed by atoms with E-state index in [1.807, 2.05) is 0 Å². The number of sulfonamides is 1. The van der Waals surface area contributed by atoms with Gasteiger partial charge in [0.1, 0.15) is 6.26 Å². The van der Waals surface area contributed by atoms with Crippen LogP contribution in [0.5, 0.6) is 0 Å². The lowest BCUT2D eigenvalue weighted by Gasteiger charge is -2.29. The van der Waals surface area contributed by atoms with Gasteiger partial charge in [0, 0.05) is 19.0 Å². The highest BCUT2D eigenvalue weighted by Gasteiger charge is 2.32. The van der Waals surface area contributed by atoms with Crippen molar-refractivity contribution in [3.05, 3.63) is 54.3 Å². The second-order valence-corrected chi connectivity index (χ2v) is 8.59. The van der Waals surface area contributed by atoms with Gasteiger partial charge in [-0.2, -0.15) is 4.31 Å². The minimum atomic E-state index is -3.64. The molecule has 0 radical (unpaired) electrons. The Balaban J connectivity index is 1.43. The van der Waals surface area contributed by atoms with Crippen LogP contribution < -0.4 is 0 Å². The molecule has 1 fully saturated rings. The lowest BCUT2D eigenvalue weighted by atomic mass is 9.98. The van der Waals surface area contributed by atoms with Gasteiger partial charge in [-0.15, -0.1) is 10.2 Å². The molecular formula is C19H19N3O6S. The molecule has 1 saturated heterocycles. The number of rotatable bonds is 5. The summed E-state index contributed by atoms with van der Waals surface area (Å²) in [7, 11) is -2.37. The molecule has 0 unspecified atom stereocenters. The van der Waals surface area contributed by atoms with Crippen molar-refractivity contribution in [1.29, 1.82) is 0 Å². The number of hydrogen-bond acceptors (Lipinski definition) is 8. The first-order valence-corrected chi connectivity index (χ1v) is 10.5. The number of hydrogen-bond donors (Lipinski definition) is 0. The van der Waals surface area contributed by atoms with Gasteiger partial charge in [-0.05, 0) is 43.2 Å². The molecule has 4 rings (SSSR count). The van der Waals surface area contributed by atoms with Gasteiger partial charge in [0.05, 0.1) is 29.4 Å². The normalized spacial score (nSPS) is 16.0. The van der Waals surface area contributed by atoms with Gasteiger partial charge in [0.25, 0.3) is 5.89 Å². The second kappa shape index (κ2) is 7.80. The first kappa shape index (κ1) is 19.3. The molecule has 0 atom stereocenters. The minimum absolute atomic E-state index is 0.00342. The highest BCUT2D eigenvalue weighted by molar-refractivity contribution is 7.89. The van der Waals surface area contributed by atoms with Crippen LogP contribution in [0.1, 0.15) is 35.0 Å². The number of methoxy groups -OCH3 is 1. The molecule has 1 aromatic carbocycles. The molecule has 0 bridgehead atoms. The number of piperidine rings is 1. The van der Waals surface area contributed by atoms with Crippen molar-refractivity contribution in [2.75, 3.05) is 20.2 Å². The minimum Gasteiger partial charge on any atom is -0.472 e. The van der Waals surface area contributed by atoms with E-state index in [9.17, 15) is 13.2 Å². The monoisotopic (exact) mass is 417 g/mol. The lowest BCUT2D eigenvalue weighted by molar-refractivity contribution is 0.0600. The number of carbonyl (C=O) groups is 1. The standard InChI is InChI=1S/C19H19N3O6S/c1-26-19(23)14-2-4-16(5-3-14)29(24,25)22-9-6-13(7-10-22)17-20-21-18(28-17)15-8-11-27-12-15/h2-5,8,11-13H,6-7,9-10H2,1H3. The predicted octanol–water partition coefficient (Wildman–Crippen LogP) is 2.68.